The minimum absolute atomic E-state index is 0.136. The molecule has 3 rings (SSSR count). The lowest BCUT2D eigenvalue weighted by atomic mass is 10.1. The molecule has 3 aromatic rings. The van der Waals surface area contributed by atoms with Gasteiger partial charge in [0.05, 0.1) is 0 Å². The third-order valence-corrected chi connectivity index (χ3v) is 3.30. The number of carbonyl (C=O) groups excluding carboxylic acids is 1. The summed E-state index contributed by atoms with van der Waals surface area (Å²) in [5, 5.41) is 0. The van der Waals surface area contributed by atoms with Gasteiger partial charge >= 0.3 is 0 Å². The monoisotopic (exact) mass is 277 g/mol. The second-order valence-corrected chi connectivity index (χ2v) is 4.66. The average molecular weight is 277 g/mol. The summed E-state index contributed by atoms with van der Waals surface area (Å²) >= 11 is 0. The van der Waals surface area contributed by atoms with E-state index in [1.54, 1.807) is 12.4 Å². The number of aromatic nitrogens is 3. The van der Waals surface area contributed by atoms with Crippen molar-refractivity contribution in [1.82, 2.24) is 14.5 Å². The molecule has 0 amide bonds. The molecule has 4 heteroatoms. The van der Waals surface area contributed by atoms with E-state index >= 15 is 0 Å². The topological polar surface area (TPSA) is 47.8 Å². The third-order valence-electron chi connectivity index (χ3n) is 3.30. The van der Waals surface area contributed by atoms with E-state index < -0.39 is 0 Å². The lowest BCUT2D eigenvalue weighted by Crippen LogP contribution is -2.01. The van der Waals surface area contributed by atoms with Crippen molar-refractivity contribution in [3.05, 3.63) is 66.6 Å². The first kappa shape index (κ1) is 13.2. The molecule has 0 saturated heterocycles. The van der Waals surface area contributed by atoms with Gasteiger partial charge in [-0.15, -0.1) is 0 Å². The van der Waals surface area contributed by atoms with Crippen LogP contribution in [0.25, 0.3) is 17.2 Å². The Morgan fingerprint density at radius 2 is 2.00 bits per heavy atom. The summed E-state index contributed by atoms with van der Waals surface area (Å²) < 4.78 is 1.94. The molecule has 0 aliphatic heterocycles. The summed E-state index contributed by atoms with van der Waals surface area (Å²) in [5.74, 6) is 0.896. The van der Waals surface area contributed by atoms with Crippen molar-refractivity contribution < 1.29 is 4.79 Å². The predicted molar refractivity (Wildman–Crippen MR) is 81.4 cm³/mol. The SMILES string of the molecule is CCC(=O)c1cccc(-n2ccnc2-c2ccccn2)c1. The quantitative estimate of drug-likeness (QED) is 0.685. The Morgan fingerprint density at radius 1 is 1.10 bits per heavy atom. The summed E-state index contributed by atoms with van der Waals surface area (Å²) in [6.07, 6.45) is 5.85. The first-order chi connectivity index (χ1) is 10.3. The number of nitrogens with zero attached hydrogens (tertiary/aromatic N) is 3. The van der Waals surface area contributed by atoms with Crippen molar-refractivity contribution in [1.29, 1.82) is 0 Å². The molecule has 4 nitrogen and oxygen atoms in total. The maximum absolute atomic E-state index is 11.9. The molecule has 0 N–H and O–H groups in total. The Labute approximate surface area is 123 Å². The molecule has 0 atom stereocenters. The van der Waals surface area contributed by atoms with Gasteiger partial charge < -0.3 is 0 Å². The number of rotatable bonds is 4. The van der Waals surface area contributed by atoms with E-state index in [0.29, 0.717) is 6.42 Å². The Kier molecular flexibility index (Phi) is 3.60. The van der Waals surface area contributed by atoms with Crippen LogP contribution in [-0.4, -0.2) is 20.3 Å². The summed E-state index contributed by atoms with van der Waals surface area (Å²) in [6.45, 7) is 1.87. The van der Waals surface area contributed by atoms with Crippen molar-refractivity contribution in [2.45, 2.75) is 13.3 Å². The van der Waals surface area contributed by atoms with Gasteiger partial charge in [0.15, 0.2) is 11.6 Å². The highest BCUT2D eigenvalue weighted by molar-refractivity contribution is 5.96. The number of carbonyl (C=O) groups is 1. The van der Waals surface area contributed by atoms with Gasteiger partial charge in [0.1, 0.15) is 5.69 Å². The molecule has 0 radical (unpaired) electrons. The van der Waals surface area contributed by atoms with Crippen LogP contribution in [0.1, 0.15) is 23.7 Å². The zero-order chi connectivity index (χ0) is 14.7. The molecular weight excluding hydrogens is 262 g/mol. The van der Waals surface area contributed by atoms with E-state index in [1.807, 2.05) is 60.2 Å². The van der Waals surface area contributed by atoms with Crippen molar-refractivity contribution >= 4 is 5.78 Å². The lowest BCUT2D eigenvalue weighted by Gasteiger charge is -2.08. The fraction of sp³-hybridized carbons (Fsp3) is 0.118. The molecule has 0 unspecified atom stereocenters. The fourth-order valence-electron chi connectivity index (χ4n) is 2.23. The number of hydrogen-bond acceptors (Lipinski definition) is 3. The van der Waals surface area contributed by atoms with Crippen molar-refractivity contribution in [3.63, 3.8) is 0 Å². The second kappa shape index (κ2) is 5.71. The Balaban J connectivity index is 2.07. The molecule has 2 heterocycles. The normalized spacial score (nSPS) is 10.5. The zero-order valence-electron chi connectivity index (χ0n) is 11.7. The molecule has 0 fully saturated rings. The minimum Gasteiger partial charge on any atom is -0.298 e. The van der Waals surface area contributed by atoms with Crippen molar-refractivity contribution in [3.8, 4) is 17.2 Å². The molecule has 0 bridgehead atoms. The summed E-state index contributed by atoms with van der Waals surface area (Å²) in [5.41, 5.74) is 2.43. The van der Waals surface area contributed by atoms with E-state index in [9.17, 15) is 4.79 Å². The van der Waals surface area contributed by atoms with E-state index in [2.05, 4.69) is 9.97 Å². The molecule has 0 saturated carbocycles. The second-order valence-electron chi connectivity index (χ2n) is 4.66. The molecule has 1 aromatic carbocycles. The molecule has 104 valence electrons. The average Bonchev–Trinajstić information content (AvgIpc) is 3.04. The van der Waals surface area contributed by atoms with Crippen LogP contribution < -0.4 is 0 Å². The first-order valence-electron chi connectivity index (χ1n) is 6.88. The van der Waals surface area contributed by atoms with Crippen LogP contribution in [0.3, 0.4) is 0 Å². The van der Waals surface area contributed by atoms with Crippen LogP contribution in [0.5, 0.6) is 0 Å². The first-order valence-corrected chi connectivity index (χ1v) is 6.88. The van der Waals surface area contributed by atoms with Gasteiger partial charge in [-0.3, -0.25) is 14.3 Å². The number of Topliss-reactive ketones (excluding diaryl/α,β-unsaturated/α-hetero) is 1. The largest absolute Gasteiger partial charge is 0.298 e. The smallest absolute Gasteiger partial charge is 0.163 e. The van der Waals surface area contributed by atoms with Gasteiger partial charge in [-0.05, 0) is 24.3 Å². The van der Waals surface area contributed by atoms with E-state index in [1.165, 1.54) is 0 Å². The highest BCUT2D eigenvalue weighted by Crippen LogP contribution is 2.20. The maximum Gasteiger partial charge on any atom is 0.163 e. The van der Waals surface area contributed by atoms with Gasteiger partial charge in [-0.25, -0.2) is 4.98 Å². The van der Waals surface area contributed by atoms with E-state index in [0.717, 1.165) is 22.8 Å². The minimum atomic E-state index is 0.136. The number of ketones is 1. The fourth-order valence-corrected chi connectivity index (χ4v) is 2.23. The Bertz CT molecular complexity index is 762. The van der Waals surface area contributed by atoms with Crippen molar-refractivity contribution in [2.24, 2.45) is 0 Å². The summed E-state index contributed by atoms with van der Waals surface area (Å²) in [7, 11) is 0. The standard InChI is InChI=1S/C17H15N3O/c1-2-16(21)13-6-5-7-14(12-13)20-11-10-19-17(20)15-8-3-4-9-18-15/h3-12H,2H2,1H3. The number of pyridine rings is 1. The van der Waals surface area contributed by atoms with Crippen molar-refractivity contribution in [2.75, 3.05) is 0 Å². The van der Waals surface area contributed by atoms with Gasteiger partial charge in [0.25, 0.3) is 0 Å². The van der Waals surface area contributed by atoms with E-state index in [-0.39, 0.29) is 5.78 Å². The van der Waals surface area contributed by atoms with Crippen LogP contribution >= 0.6 is 0 Å². The Hall–Kier alpha value is -2.75. The lowest BCUT2D eigenvalue weighted by molar-refractivity contribution is 0.0988. The molecule has 0 aliphatic rings. The highest BCUT2D eigenvalue weighted by atomic mass is 16.1. The summed E-state index contributed by atoms with van der Waals surface area (Å²) in [4.78, 5) is 20.6. The Morgan fingerprint density at radius 3 is 2.76 bits per heavy atom. The molecular formula is C17H15N3O. The van der Waals surface area contributed by atoms with Crippen LogP contribution in [0, 0.1) is 0 Å². The van der Waals surface area contributed by atoms with Gasteiger partial charge in [0.2, 0.25) is 0 Å². The predicted octanol–water partition coefficient (Wildman–Crippen LogP) is 3.53. The van der Waals surface area contributed by atoms with Gasteiger partial charge in [0, 0.05) is 36.3 Å². The number of benzene rings is 1. The zero-order valence-corrected chi connectivity index (χ0v) is 11.7. The highest BCUT2D eigenvalue weighted by Gasteiger charge is 2.10. The maximum atomic E-state index is 11.9. The molecule has 21 heavy (non-hydrogen) atoms. The number of imidazole rings is 1. The van der Waals surface area contributed by atoms with Gasteiger partial charge in [-0.2, -0.15) is 0 Å². The third kappa shape index (κ3) is 2.60. The molecule has 0 aliphatic carbocycles. The van der Waals surface area contributed by atoms with Crippen LogP contribution in [-0.2, 0) is 0 Å². The molecule has 0 spiro atoms. The number of hydrogen-bond donors (Lipinski definition) is 0. The van der Waals surface area contributed by atoms with E-state index in [4.69, 9.17) is 0 Å². The van der Waals surface area contributed by atoms with Crippen LogP contribution in [0.2, 0.25) is 0 Å². The van der Waals surface area contributed by atoms with Crippen LogP contribution in [0.15, 0.2) is 61.1 Å². The summed E-state index contributed by atoms with van der Waals surface area (Å²) in [6, 6.07) is 13.3. The van der Waals surface area contributed by atoms with Crippen LogP contribution in [0.4, 0.5) is 0 Å². The molecule has 2 aromatic heterocycles. The van der Waals surface area contributed by atoms with Gasteiger partial charge in [-0.1, -0.05) is 25.1 Å².